The number of fused-ring (bicyclic) bond motifs is 1. The summed E-state index contributed by atoms with van der Waals surface area (Å²) in [6, 6.07) is 0. The van der Waals surface area contributed by atoms with Gasteiger partial charge in [-0.2, -0.15) is 0 Å². The molecule has 7 nitrogen and oxygen atoms in total. The Bertz CT molecular complexity index is 628. The number of anilines is 1. The Labute approximate surface area is 110 Å². The first-order valence-electron chi connectivity index (χ1n) is 6.27. The molecule has 0 saturated heterocycles. The lowest BCUT2D eigenvalue weighted by atomic mass is 10.3. The van der Waals surface area contributed by atoms with Crippen LogP contribution in [0.2, 0.25) is 0 Å². The second kappa shape index (κ2) is 5.47. The molecule has 0 atom stereocenters. The smallest absolute Gasteiger partial charge is 0.182 e. The number of imidazole rings is 2. The second-order valence-electron chi connectivity index (χ2n) is 4.26. The van der Waals surface area contributed by atoms with E-state index in [1.807, 2.05) is 12.5 Å². The maximum atomic E-state index is 4.22. The third-order valence-corrected chi connectivity index (χ3v) is 2.92. The molecule has 7 heteroatoms. The van der Waals surface area contributed by atoms with Crippen LogP contribution in [0.25, 0.3) is 11.2 Å². The minimum absolute atomic E-state index is 0.691. The number of aryl methyl sites for hydroxylation is 1. The van der Waals surface area contributed by atoms with E-state index >= 15 is 0 Å². The van der Waals surface area contributed by atoms with Crippen molar-refractivity contribution in [2.45, 2.75) is 19.4 Å². The van der Waals surface area contributed by atoms with Crippen molar-refractivity contribution in [3.05, 3.63) is 31.4 Å². The highest BCUT2D eigenvalue weighted by Gasteiger charge is 2.04. The SMILES string of the molecule is c1cn(CCCCNc2ncnc3nc[nH]c23)cn1. The van der Waals surface area contributed by atoms with Crippen molar-refractivity contribution in [3.8, 4) is 0 Å². The zero-order chi connectivity index (χ0) is 12.9. The lowest BCUT2D eigenvalue weighted by Gasteiger charge is -2.06. The summed E-state index contributed by atoms with van der Waals surface area (Å²) < 4.78 is 2.08. The summed E-state index contributed by atoms with van der Waals surface area (Å²) in [5, 5.41) is 3.31. The van der Waals surface area contributed by atoms with Gasteiger partial charge in [0, 0.05) is 25.5 Å². The fraction of sp³-hybridized carbons (Fsp3) is 0.333. The molecule has 0 spiro atoms. The predicted molar refractivity (Wildman–Crippen MR) is 71.6 cm³/mol. The molecule has 0 aliphatic carbocycles. The van der Waals surface area contributed by atoms with Gasteiger partial charge < -0.3 is 14.9 Å². The molecule has 0 aliphatic heterocycles. The highest BCUT2D eigenvalue weighted by Crippen LogP contribution is 2.14. The number of hydrogen-bond donors (Lipinski definition) is 2. The molecule has 0 saturated carbocycles. The van der Waals surface area contributed by atoms with Gasteiger partial charge in [0.2, 0.25) is 0 Å². The highest BCUT2D eigenvalue weighted by molar-refractivity contribution is 5.81. The molecule has 0 fully saturated rings. The first-order valence-corrected chi connectivity index (χ1v) is 6.27. The molecule has 0 aliphatic rings. The predicted octanol–water partition coefficient (Wildman–Crippen LogP) is 1.44. The van der Waals surface area contributed by atoms with Crippen LogP contribution in [0.4, 0.5) is 5.82 Å². The van der Waals surface area contributed by atoms with Crippen LogP contribution in [-0.2, 0) is 6.54 Å². The lowest BCUT2D eigenvalue weighted by molar-refractivity contribution is 0.621. The van der Waals surface area contributed by atoms with Crippen molar-refractivity contribution in [1.29, 1.82) is 0 Å². The van der Waals surface area contributed by atoms with E-state index in [0.29, 0.717) is 5.65 Å². The third kappa shape index (κ3) is 2.70. The normalized spacial score (nSPS) is 10.9. The van der Waals surface area contributed by atoms with Gasteiger partial charge in [-0.05, 0) is 12.8 Å². The van der Waals surface area contributed by atoms with Crippen molar-refractivity contribution in [2.75, 3.05) is 11.9 Å². The monoisotopic (exact) mass is 257 g/mol. The van der Waals surface area contributed by atoms with E-state index in [-0.39, 0.29) is 0 Å². The van der Waals surface area contributed by atoms with Gasteiger partial charge in [-0.3, -0.25) is 0 Å². The number of aromatic nitrogens is 6. The number of nitrogens with zero attached hydrogens (tertiary/aromatic N) is 5. The van der Waals surface area contributed by atoms with E-state index in [0.717, 1.165) is 37.3 Å². The Morgan fingerprint density at radius 1 is 1.21 bits per heavy atom. The van der Waals surface area contributed by atoms with Gasteiger partial charge in [0.15, 0.2) is 11.5 Å². The van der Waals surface area contributed by atoms with Gasteiger partial charge in [0.1, 0.15) is 11.8 Å². The average Bonchev–Trinajstić information content (AvgIpc) is 3.09. The van der Waals surface area contributed by atoms with Crippen LogP contribution >= 0.6 is 0 Å². The Morgan fingerprint density at radius 2 is 2.21 bits per heavy atom. The third-order valence-electron chi connectivity index (χ3n) is 2.92. The molecule has 19 heavy (non-hydrogen) atoms. The van der Waals surface area contributed by atoms with Gasteiger partial charge in [-0.15, -0.1) is 0 Å². The molecule has 0 amide bonds. The van der Waals surface area contributed by atoms with Crippen LogP contribution in [0, 0.1) is 0 Å². The standard InChI is InChI=1S/C12H15N7/c1(2-5-19-6-4-13-9-19)3-14-11-10-12(16-7-15-10)18-8-17-11/h4,6-9H,1-3,5H2,(H2,14,15,16,17,18). The van der Waals surface area contributed by atoms with Gasteiger partial charge in [-0.25, -0.2) is 19.9 Å². The topological polar surface area (TPSA) is 84.3 Å². The van der Waals surface area contributed by atoms with Gasteiger partial charge in [0.25, 0.3) is 0 Å². The quantitative estimate of drug-likeness (QED) is 0.653. The maximum absolute atomic E-state index is 4.22. The van der Waals surface area contributed by atoms with Crippen molar-refractivity contribution in [1.82, 2.24) is 29.5 Å². The largest absolute Gasteiger partial charge is 0.368 e. The summed E-state index contributed by atoms with van der Waals surface area (Å²) in [4.78, 5) is 19.5. The van der Waals surface area contributed by atoms with Crippen LogP contribution in [0.3, 0.4) is 0 Å². The number of rotatable bonds is 6. The summed E-state index contributed by atoms with van der Waals surface area (Å²) in [7, 11) is 0. The van der Waals surface area contributed by atoms with Gasteiger partial charge in [-0.1, -0.05) is 0 Å². The molecule has 0 unspecified atom stereocenters. The van der Waals surface area contributed by atoms with Crippen LogP contribution < -0.4 is 5.32 Å². The van der Waals surface area contributed by atoms with E-state index in [1.54, 1.807) is 12.5 Å². The fourth-order valence-electron chi connectivity index (χ4n) is 1.94. The summed E-state index contributed by atoms with van der Waals surface area (Å²) in [6.07, 6.45) is 10.9. The molecule has 3 aromatic heterocycles. The minimum Gasteiger partial charge on any atom is -0.368 e. The van der Waals surface area contributed by atoms with Crippen molar-refractivity contribution in [2.24, 2.45) is 0 Å². The van der Waals surface area contributed by atoms with E-state index in [4.69, 9.17) is 0 Å². The Balaban J connectivity index is 1.48. The Hall–Kier alpha value is -2.44. The number of aromatic amines is 1. The first kappa shape index (κ1) is 11.6. The molecule has 3 aromatic rings. The number of unbranched alkanes of at least 4 members (excludes halogenated alkanes) is 1. The highest BCUT2D eigenvalue weighted by atomic mass is 15.1. The Kier molecular flexibility index (Phi) is 3.35. The molecular weight excluding hydrogens is 242 g/mol. The van der Waals surface area contributed by atoms with E-state index in [9.17, 15) is 0 Å². The van der Waals surface area contributed by atoms with Crippen molar-refractivity contribution >= 4 is 17.0 Å². The zero-order valence-corrected chi connectivity index (χ0v) is 10.5. The second-order valence-corrected chi connectivity index (χ2v) is 4.26. The maximum Gasteiger partial charge on any atom is 0.182 e. The fourth-order valence-corrected chi connectivity index (χ4v) is 1.94. The van der Waals surface area contributed by atoms with Crippen LogP contribution in [0.5, 0.6) is 0 Å². The molecule has 3 heterocycles. The van der Waals surface area contributed by atoms with Crippen molar-refractivity contribution in [3.63, 3.8) is 0 Å². The molecule has 3 rings (SSSR count). The summed E-state index contributed by atoms with van der Waals surface area (Å²) in [5.74, 6) is 0.810. The van der Waals surface area contributed by atoms with Crippen LogP contribution in [0.1, 0.15) is 12.8 Å². The summed E-state index contributed by atoms with van der Waals surface area (Å²) in [5.41, 5.74) is 1.55. The number of hydrogen-bond acceptors (Lipinski definition) is 5. The van der Waals surface area contributed by atoms with E-state index in [2.05, 4.69) is 34.8 Å². The molecule has 98 valence electrons. The van der Waals surface area contributed by atoms with E-state index < -0.39 is 0 Å². The van der Waals surface area contributed by atoms with Crippen molar-refractivity contribution < 1.29 is 0 Å². The van der Waals surface area contributed by atoms with Gasteiger partial charge in [0.05, 0.1) is 12.7 Å². The summed E-state index contributed by atoms with van der Waals surface area (Å²) >= 11 is 0. The lowest BCUT2D eigenvalue weighted by Crippen LogP contribution is -2.05. The molecule has 0 bridgehead atoms. The van der Waals surface area contributed by atoms with Crippen LogP contribution in [-0.4, -0.2) is 36.0 Å². The average molecular weight is 257 g/mol. The first-order chi connectivity index (χ1) is 9.43. The summed E-state index contributed by atoms with van der Waals surface area (Å²) in [6.45, 7) is 1.87. The number of H-pyrrole nitrogens is 1. The zero-order valence-electron chi connectivity index (χ0n) is 10.5. The molecular formula is C12H15N7. The molecule has 0 aromatic carbocycles. The molecule has 0 radical (unpaired) electrons. The number of nitrogens with one attached hydrogen (secondary N) is 2. The van der Waals surface area contributed by atoms with Crippen LogP contribution in [0.15, 0.2) is 31.4 Å². The van der Waals surface area contributed by atoms with Gasteiger partial charge >= 0.3 is 0 Å². The Morgan fingerprint density at radius 3 is 3.11 bits per heavy atom. The molecule has 2 N–H and O–H groups in total. The minimum atomic E-state index is 0.691. The van der Waals surface area contributed by atoms with E-state index in [1.165, 1.54) is 6.33 Å².